The van der Waals surface area contributed by atoms with Gasteiger partial charge in [0.2, 0.25) is 0 Å². The normalized spacial score (nSPS) is 12.5. The summed E-state index contributed by atoms with van der Waals surface area (Å²) in [5.41, 5.74) is 2.29. The van der Waals surface area contributed by atoms with E-state index in [-0.39, 0.29) is 6.04 Å². The molecule has 0 saturated heterocycles. The van der Waals surface area contributed by atoms with Gasteiger partial charge in [0.05, 0.1) is 6.61 Å². The minimum atomic E-state index is 0.264. The van der Waals surface area contributed by atoms with E-state index in [0.29, 0.717) is 0 Å². The Balaban J connectivity index is 2.79. The van der Waals surface area contributed by atoms with Crippen LogP contribution in [0, 0.1) is 0 Å². The molecule has 4 heteroatoms. The maximum Gasteiger partial charge on any atom is 0.0641 e. The van der Waals surface area contributed by atoms with Crippen LogP contribution in [0.25, 0.3) is 0 Å². The maximum absolute atomic E-state index is 6.37. The summed E-state index contributed by atoms with van der Waals surface area (Å²) in [6.07, 6.45) is 0. The Morgan fingerprint density at radius 1 is 1.37 bits per heavy atom. The molecule has 0 saturated carbocycles. The molecule has 0 aromatic heterocycles. The average Bonchev–Trinajstić information content (AvgIpc) is 2.43. The minimum absolute atomic E-state index is 0.264. The highest BCUT2D eigenvalue weighted by Crippen LogP contribution is 2.27. The van der Waals surface area contributed by atoms with Crippen LogP contribution in [-0.4, -0.2) is 33.4 Å². The van der Waals surface area contributed by atoms with E-state index in [9.17, 15) is 0 Å². The van der Waals surface area contributed by atoms with Gasteiger partial charge in [0.1, 0.15) is 0 Å². The predicted octanol–water partition coefficient (Wildman–Crippen LogP) is 3.48. The number of ether oxygens (including phenoxy) is 1. The van der Waals surface area contributed by atoms with Gasteiger partial charge in [0, 0.05) is 36.4 Å². The Kier molecular flexibility index (Phi) is 7.21. The van der Waals surface area contributed by atoms with Gasteiger partial charge in [-0.15, -0.1) is 0 Å². The molecule has 1 atom stereocenters. The topological polar surface area (TPSA) is 24.5 Å². The summed E-state index contributed by atoms with van der Waals surface area (Å²) in [6.45, 7) is 9.61. The predicted molar refractivity (Wildman–Crippen MR) is 83.3 cm³/mol. The molecule has 0 heterocycles. The van der Waals surface area contributed by atoms with E-state index in [4.69, 9.17) is 16.3 Å². The third-order valence-electron chi connectivity index (χ3n) is 3.34. The third kappa shape index (κ3) is 4.68. The lowest BCUT2D eigenvalue weighted by atomic mass is 10.1. The van der Waals surface area contributed by atoms with E-state index in [1.807, 2.05) is 20.0 Å². The Bertz CT molecular complexity index is 384. The van der Waals surface area contributed by atoms with Gasteiger partial charge < -0.3 is 15.0 Å². The highest BCUT2D eigenvalue weighted by molar-refractivity contribution is 6.31. The van der Waals surface area contributed by atoms with Crippen LogP contribution in [0.4, 0.5) is 5.69 Å². The smallest absolute Gasteiger partial charge is 0.0641 e. The molecule has 0 aliphatic rings. The molecule has 0 amide bonds. The first-order valence-corrected chi connectivity index (χ1v) is 7.31. The minimum Gasteiger partial charge on any atom is -0.380 e. The van der Waals surface area contributed by atoms with Gasteiger partial charge in [-0.1, -0.05) is 17.7 Å². The van der Waals surface area contributed by atoms with Crippen molar-refractivity contribution in [2.75, 3.05) is 38.3 Å². The largest absolute Gasteiger partial charge is 0.380 e. The summed E-state index contributed by atoms with van der Waals surface area (Å²) >= 11 is 6.37. The Hall–Kier alpha value is -0.770. The molecule has 0 bridgehead atoms. The number of hydrogen-bond donors (Lipinski definition) is 1. The molecule has 0 fully saturated rings. The second-order valence-electron chi connectivity index (χ2n) is 4.49. The zero-order chi connectivity index (χ0) is 14.3. The second-order valence-corrected chi connectivity index (χ2v) is 4.90. The second kappa shape index (κ2) is 8.41. The van der Waals surface area contributed by atoms with Gasteiger partial charge in [-0.05, 0) is 45.5 Å². The Morgan fingerprint density at radius 3 is 2.63 bits per heavy atom. The first kappa shape index (κ1) is 16.3. The van der Waals surface area contributed by atoms with E-state index in [0.717, 1.165) is 42.6 Å². The van der Waals surface area contributed by atoms with Gasteiger partial charge in [0.15, 0.2) is 0 Å². The number of nitrogens with one attached hydrogen (secondary N) is 1. The standard InChI is InChI=1S/C15H25ClN2O/c1-5-18(9-10-19-6-2)13-7-8-14(12(3)17-4)15(16)11-13/h7-8,11-12,17H,5-6,9-10H2,1-4H3. The van der Waals surface area contributed by atoms with Crippen molar-refractivity contribution in [1.82, 2.24) is 5.32 Å². The van der Waals surface area contributed by atoms with Crippen LogP contribution in [0.3, 0.4) is 0 Å². The van der Waals surface area contributed by atoms with Crippen molar-refractivity contribution in [2.24, 2.45) is 0 Å². The van der Waals surface area contributed by atoms with Crippen molar-refractivity contribution in [3.8, 4) is 0 Å². The van der Waals surface area contributed by atoms with Crippen LogP contribution >= 0.6 is 11.6 Å². The molecule has 0 aliphatic heterocycles. The first-order valence-electron chi connectivity index (χ1n) is 6.93. The highest BCUT2D eigenvalue weighted by atomic mass is 35.5. The molecule has 0 spiro atoms. The molecule has 1 rings (SSSR count). The van der Waals surface area contributed by atoms with Crippen LogP contribution in [-0.2, 0) is 4.74 Å². The molecule has 108 valence electrons. The van der Waals surface area contributed by atoms with E-state index in [1.54, 1.807) is 0 Å². The van der Waals surface area contributed by atoms with Crippen LogP contribution in [0.1, 0.15) is 32.4 Å². The van der Waals surface area contributed by atoms with Crippen LogP contribution in [0.15, 0.2) is 18.2 Å². The quantitative estimate of drug-likeness (QED) is 0.740. The van der Waals surface area contributed by atoms with Crippen molar-refractivity contribution >= 4 is 17.3 Å². The summed E-state index contributed by atoms with van der Waals surface area (Å²) in [6, 6.07) is 6.53. The first-order chi connectivity index (χ1) is 9.13. The van der Waals surface area contributed by atoms with Gasteiger partial charge in [-0.3, -0.25) is 0 Å². The summed E-state index contributed by atoms with van der Waals surface area (Å²) in [5, 5.41) is 4.02. The van der Waals surface area contributed by atoms with E-state index < -0.39 is 0 Å². The molecule has 1 unspecified atom stereocenters. The molecule has 1 aromatic rings. The fourth-order valence-corrected chi connectivity index (χ4v) is 2.35. The summed E-state index contributed by atoms with van der Waals surface area (Å²) in [5.74, 6) is 0. The zero-order valence-electron chi connectivity index (χ0n) is 12.4. The monoisotopic (exact) mass is 284 g/mol. The molecule has 1 N–H and O–H groups in total. The van der Waals surface area contributed by atoms with Crippen molar-refractivity contribution in [3.05, 3.63) is 28.8 Å². The Labute approximate surface area is 121 Å². The number of benzene rings is 1. The van der Waals surface area contributed by atoms with Crippen molar-refractivity contribution in [2.45, 2.75) is 26.8 Å². The number of halogens is 1. The lowest BCUT2D eigenvalue weighted by Crippen LogP contribution is -2.27. The van der Waals surface area contributed by atoms with Gasteiger partial charge >= 0.3 is 0 Å². The SMILES string of the molecule is CCOCCN(CC)c1ccc(C(C)NC)c(Cl)c1. The van der Waals surface area contributed by atoms with Crippen LogP contribution in [0.5, 0.6) is 0 Å². The van der Waals surface area contributed by atoms with E-state index in [1.165, 1.54) is 0 Å². The third-order valence-corrected chi connectivity index (χ3v) is 3.67. The number of likely N-dealkylation sites (N-methyl/N-ethyl adjacent to an activating group) is 1. The van der Waals surface area contributed by atoms with Crippen molar-refractivity contribution in [1.29, 1.82) is 0 Å². The van der Waals surface area contributed by atoms with Crippen molar-refractivity contribution in [3.63, 3.8) is 0 Å². The lowest BCUT2D eigenvalue weighted by molar-refractivity contribution is 0.154. The number of rotatable bonds is 8. The van der Waals surface area contributed by atoms with Gasteiger partial charge in [-0.25, -0.2) is 0 Å². The van der Waals surface area contributed by atoms with Crippen molar-refractivity contribution < 1.29 is 4.74 Å². The number of hydrogen-bond acceptors (Lipinski definition) is 3. The molecular weight excluding hydrogens is 260 g/mol. The summed E-state index contributed by atoms with van der Waals surface area (Å²) in [7, 11) is 1.94. The molecule has 0 radical (unpaired) electrons. The van der Waals surface area contributed by atoms with E-state index >= 15 is 0 Å². The lowest BCUT2D eigenvalue weighted by Gasteiger charge is -2.24. The van der Waals surface area contributed by atoms with Crippen LogP contribution < -0.4 is 10.2 Å². The highest BCUT2D eigenvalue weighted by Gasteiger charge is 2.11. The number of anilines is 1. The molecule has 0 aliphatic carbocycles. The average molecular weight is 285 g/mol. The maximum atomic E-state index is 6.37. The molecule has 1 aromatic carbocycles. The van der Waals surface area contributed by atoms with Crippen LogP contribution in [0.2, 0.25) is 5.02 Å². The molecule has 3 nitrogen and oxygen atoms in total. The fraction of sp³-hybridized carbons (Fsp3) is 0.600. The summed E-state index contributed by atoms with van der Waals surface area (Å²) in [4.78, 5) is 2.27. The van der Waals surface area contributed by atoms with E-state index in [2.05, 4.69) is 36.2 Å². The Morgan fingerprint density at radius 2 is 2.11 bits per heavy atom. The number of nitrogens with zero attached hydrogens (tertiary/aromatic N) is 1. The molecular formula is C15H25ClN2O. The molecule has 19 heavy (non-hydrogen) atoms. The zero-order valence-corrected chi connectivity index (χ0v) is 13.1. The summed E-state index contributed by atoms with van der Waals surface area (Å²) < 4.78 is 5.41. The fourth-order valence-electron chi connectivity index (χ4n) is 2.01. The van der Waals surface area contributed by atoms with Gasteiger partial charge in [0.25, 0.3) is 0 Å². The van der Waals surface area contributed by atoms with Gasteiger partial charge in [-0.2, -0.15) is 0 Å².